The molecule has 6 nitrogen and oxygen atoms in total. The Balaban J connectivity index is 1.96. The van der Waals surface area contributed by atoms with Crippen LogP contribution in [-0.2, 0) is 4.79 Å². The van der Waals surface area contributed by atoms with Gasteiger partial charge in [-0.1, -0.05) is 18.2 Å². The molecule has 0 aromatic heterocycles. The van der Waals surface area contributed by atoms with Crippen LogP contribution in [0.1, 0.15) is 21.5 Å². The van der Waals surface area contributed by atoms with Crippen molar-refractivity contribution in [3.63, 3.8) is 0 Å². The van der Waals surface area contributed by atoms with Gasteiger partial charge in [0.05, 0.1) is 19.8 Å². The summed E-state index contributed by atoms with van der Waals surface area (Å²) < 4.78 is 10.6. The summed E-state index contributed by atoms with van der Waals surface area (Å²) in [6.45, 7) is 2.19. The first-order valence-electron chi connectivity index (χ1n) is 8.15. The summed E-state index contributed by atoms with van der Waals surface area (Å²) in [5, 5.41) is 5.64. The second-order valence-corrected chi connectivity index (χ2v) is 5.91. The van der Waals surface area contributed by atoms with Gasteiger partial charge in [-0.15, -0.1) is 0 Å². The largest absolute Gasteiger partial charge is 0.493 e. The summed E-state index contributed by atoms with van der Waals surface area (Å²) in [4.78, 5) is 24.6. The first-order valence-corrected chi connectivity index (χ1v) is 8.15. The number of methoxy groups -OCH3 is 2. The van der Waals surface area contributed by atoms with Crippen molar-refractivity contribution in [1.82, 2.24) is 5.32 Å². The smallest absolute Gasteiger partial charge is 0.252 e. The lowest BCUT2D eigenvalue weighted by Crippen LogP contribution is -2.31. The summed E-state index contributed by atoms with van der Waals surface area (Å²) in [6.07, 6.45) is 1.50. The van der Waals surface area contributed by atoms with Gasteiger partial charge in [-0.3, -0.25) is 9.59 Å². The first kappa shape index (κ1) is 17.5. The first-order chi connectivity index (χ1) is 12.5. The van der Waals surface area contributed by atoms with Gasteiger partial charge in [0.15, 0.2) is 11.5 Å². The molecule has 1 heterocycles. The fourth-order valence-electron chi connectivity index (χ4n) is 2.87. The van der Waals surface area contributed by atoms with Crippen LogP contribution in [-0.4, -0.2) is 32.6 Å². The van der Waals surface area contributed by atoms with Crippen molar-refractivity contribution < 1.29 is 19.1 Å². The number of carbonyl (C=O) groups is 2. The second kappa shape index (κ2) is 7.31. The molecule has 0 spiro atoms. The van der Waals surface area contributed by atoms with Crippen LogP contribution in [0, 0.1) is 6.92 Å². The van der Waals surface area contributed by atoms with Gasteiger partial charge in [-0.05, 0) is 41.8 Å². The van der Waals surface area contributed by atoms with Crippen molar-refractivity contribution in [2.24, 2.45) is 0 Å². The van der Waals surface area contributed by atoms with Gasteiger partial charge in [-0.25, -0.2) is 0 Å². The molecule has 26 heavy (non-hydrogen) atoms. The molecular weight excluding hydrogens is 332 g/mol. The molecule has 2 amide bonds. The Morgan fingerprint density at radius 1 is 1.12 bits per heavy atom. The number of hydrogen-bond acceptors (Lipinski definition) is 4. The van der Waals surface area contributed by atoms with Crippen molar-refractivity contribution in [3.8, 4) is 11.5 Å². The van der Waals surface area contributed by atoms with E-state index in [2.05, 4.69) is 10.6 Å². The third kappa shape index (κ3) is 3.39. The van der Waals surface area contributed by atoms with E-state index in [1.165, 1.54) is 20.3 Å². The predicted molar refractivity (Wildman–Crippen MR) is 99.7 cm³/mol. The molecule has 0 saturated carbocycles. The zero-order valence-electron chi connectivity index (χ0n) is 14.9. The number of anilines is 1. The minimum atomic E-state index is -0.258. The summed E-state index contributed by atoms with van der Waals surface area (Å²) >= 11 is 0. The highest BCUT2D eigenvalue weighted by molar-refractivity contribution is 6.09. The number of carbonyl (C=O) groups excluding carboxylic acids is 2. The number of amides is 2. The molecule has 0 aliphatic carbocycles. The molecule has 2 aromatic carbocycles. The van der Waals surface area contributed by atoms with Gasteiger partial charge >= 0.3 is 0 Å². The highest BCUT2D eigenvalue weighted by Crippen LogP contribution is 2.35. The minimum absolute atomic E-state index is 0.211. The average Bonchev–Trinajstić information content (AvgIpc) is 2.65. The van der Waals surface area contributed by atoms with E-state index in [1.807, 2.05) is 31.2 Å². The van der Waals surface area contributed by atoms with Crippen LogP contribution in [0.3, 0.4) is 0 Å². The third-order valence-corrected chi connectivity index (χ3v) is 4.26. The van der Waals surface area contributed by atoms with Crippen LogP contribution in [0.25, 0.3) is 5.57 Å². The van der Waals surface area contributed by atoms with Crippen LogP contribution in [0.15, 0.2) is 42.5 Å². The molecule has 3 rings (SSSR count). The Morgan fingerprint density at radius 3 is 2.42 bits per heavy atom. The van der Waals surface area contributed by atoms with Crippen LogP contribution >= 0.6 is 0 Å². The molecule has 0 fully saturated rings. The minimum Gasteiger partial charge on any atom is -0.493 e. The molecule has 0 bridgehead atoms. The van der Waals surface area contributed by atoms with Gasteiger partial charge in [0.25, 0.3) is 5.91 Å². The van der Waals surface area contributed by atoms with E-state index in [4.69, 9.17) is 9.47 Å². The average molecular weight is 352 g/mol. The van der Waals surface area contributed by atoms with Gasteiger partial charge < -0.3 is 20.1 Å². The van der Waals surface area contributed by atoms with Crippen molar-refractivity contribution in [2.75, 3.05) is 26.1 Å². The summed E-state index contributed by atoms with van der Waals surface area (Å²) in [5.74, 6) is 0.502. The van der Waals surface area contributed by atoms with Crippen LogP contribution < -0.4 is 20.1 Å². The quantitative estimate of drug-likeness (QED) is 0.830. The van der Waals surface area contributed by atoms with Crippen LogP contribution in [0.4, 0.5) is 5.69 Å². The number of ether oxygens (including phenoxy) is 2. The number of hydrogen-bond donors (Lipinski definition) is 2. The fourth-order valence-corrected chi connectivity index (χ4v) is 2.87. The zero-order chi connectivity index (χ0) is 18.7. The maximum atomic E-state index is 12.4. The summed E-state index contributed by atoms with van der Waals surface area (Å²) in [5.41, 5.74) is 3.53. The third-order valence-electron chi connectivity index (χ3n) is 4.26. The number of rotatable bonds is 4. The number of benzene rings is 2. The lowest BCUT2D eigenvalue weighted by atomic mass is 9.94. The standard InChI is InChI=1S/C20H20N2O4/c1-12-6-4-5-7-16(12)22-19(23)8-13-11-21-20(24)15-10-18(26-3)17(25-2)9-14(13)15/h4-10H,11H2,1-3H3,(H,21,24)(H,22,23)/b13-8+. The molecule has 1 aliphatic heterocycles. The van der Waals surface area contributed by atoms with Gasteiger partial charge in [0.1, 0.15) is 0 Å². The van der Waals surface area contributed by atoms with E-state index >= 15 is 0 Å². The molecule has 0 unspecified atom stereocenters. The molecular formula is C20H20N2O4. The summed E-state index contributed by atoms with van der Waals surface area (Å²) in [6, 6.07) is 10.9. The molecule has 6 heteroatoms. The van der Waals surface area contributed by atoms with Crippen molar-refractivity contribution in [2.45, 2.75) is 6.92 Å². The predicted octanol–water partition coefficient (Wildman–Crippen LogP) is 2.78. The molecule has 134 valence electrons. The Hall–Kier alpha value is -3.28. The molecule has 0 radical (unpaired) electrons. The highest BCUT2D eigenvalue weighted by atomic mass is 16.5. The van der Waals surface area contributed by atoms with Crippen molar-refractivity contribution >= 4 is 23.1 Å². The number of nitrogens with one attached hydrogen (secondary N) is 2. The number of para-hydroxylation sites is 1. The van der Waals surface area contributed by atoms with Crippen molar-refractivity contribution in [3.05, 3.63) is 59.2 Å². The molecule has 2 aromatic rings. The van der Waals surface area contributed by atoms with Crippen LogP contribution in [0.2, 0.25) is 0 Å². The van der Waals surface area contributed by atoms with E-state index in [1.54, 1.807) is 12.1 Å². The Labute approximate surface area is 151 Å². The van der Waals surface area contributed by atoms with Gasteiger partial charge in [0.2, 0.25) is 5.91 Å². The summed E-state index contributed by atoms with van der Waals surface area (Å²) in [7, 11) is 3.04. The second-order valence-electron chi connectivity index (χ2n) is 5.91. The maximum absolute atomic E-state index is 12.4. The Morgan fingerprint density at radius 2 is 1.77 bits per heavy atom. The van der Waals surface area contributed by atoms with Crippen molar-refractivity contribution in [1.29, 1.82) is 0 Å². The normalized spacial score (nSPS) is 14.4. The maximum Gasteiger partial charge on any atom is 0.252 e. The van der Waals surface area contributed by atoms with E-state index in [0.29, 0.717) is 28.2 Å². The lowest BCUT2D eigenvalue weighted by molar-refractivity contribution is -0.111. The van der Waals surface area contributed by atoms with E-state index in [9.17, 15) is 9.59 Å². The van der Waals surface area contributed by atoms with Crippen LogP contribution in [0.5, 0.6) is 11.5 Å². The number of fused-ring (bicyclic) bond motifs is 1. The van der Waals surface area contributed by atoms with E-state index in [0.717, 1.165) is 11.3 Å². The monoisotopic (exact) mass is 352 g/mol. The fraction of sp³-hybridized carbons (Fsp3) is 0.200. The van der Waals surface area contributed by atoms with Gasteiger partial charge in [-0.2, -0.15) is 0 Å². The van der Waals surface area contributed by atoms with Gasteiger partial charge in [0, 0.05) is 18.3 Å². The van der Waals surface area contributed by atoms with E-state index < -0.39 is 0 Å². The zero-order valence-corrected chi connectivity index (χ0v) is 14.9. The van der Waals surface area contributed by atoms with E-state index in [-0.39, 0.29) is 18.4 Å². The Bertz CT molecular complexity index is 903. The Kier molecular flexibility index (Phi) is 4.93. The molecule has 2 N–H and O–H groups in total. The topological polar surface area (TPSA) is 76.7 Å². The molecule has 0 atom stereocenters. The lowest BCUT2D eigenvalue weighted by Gasteiger charge is -2.21. The molecule has 0 saturated heterocycles. The molecule has 1 aliphatic rings. The highest BCUT2D eigenvalue weighted by Gasteiger charge is 2.24. The number of aryl methyl sites for hydroxylation is 1. The SMILES string of the molecule is COc1cc2c(cc1OC)/C(=C/C(=O)Nc1ccccc1C)CNC2=O.